The molecule has 0 fully saturated rings. The number of carbonyl (C=O) groups is 1. The van der Waals surface area contributed by atoms with Crippen LogP contribution >= 0.6 is 0 Å². The molecule has 0 aromatic carbocycles. The van der Waals surface area contributed by atoms with Gasteiger partial charge in [-0.1, -0.05) is 13.8 Å². The van der Waals surface area contributed by atoms with Crippen molar-refractivity contribution in [1.29, 1.82) is 0 Å². The lowest BCUT2D eigenvalue weighted by Gasteiger charge is -2.16. The Kier molecular flexibility index (Phi) is 4.80. The SMILES string of the molecule is CC(C)CC(C)Nc1cc(C(=O)O)c([N+](=O)[O-])cn1. The van der Waals surface area contributed by atoms with Gasteiger partial charge in [-0.15, -0.1) is 0 Å². The van der Waals surface area contributed by atoms with Crippen LogP contribution in [0, 0.1) is 16.0 Å². The second-order valence-electron chi connectivity index (χ2n) is 4.82. The van der Waals surface area contributed by atoms with E-state index in [-0.39, 0.29) is 11.6 Å². The van der Waals surface area contributed by atoms with Gasteiger partial charge < -0.3 is 10.4 Å². The summed E-state index contributed by atoms with van der Waals surface area (Å²) in [6.07, 6.45) is 1.86. The lowest BCUT2D eigenvalue weighted by molar-refractivity contribution is -0.385. The van der Waals surface area contributed by atoms with Gasteiger partial charge in [0.25, 0.3) is 0 Å². The molecule has 0 bridgehead atoms. The predicted molar refractivity (Wildman–Crippen MR) is 70.4 cm³/mol. The zero-order chi connectivity index (χ0) is 14.6. The fourth-order valence-corrected chi connectivity index (χ4v) is 1.86. The molecule has 0 radical (unpaired) electrons. The number of nitrogens with one attached hydrogen (secondary N) is 1. The Morgan fingerprint density at radius 2 is 2.16 bits per heavy atom. The van der Waals surface area contributed by atoms with Crippen molar-refractivity contribution >= 4 is 17.5 Å². The Balaban J connectivity index is 2.96. The number of carboxylic acid groups (broad SMARTS) is 1. The number of hydrogen-bond acceptors (Lipinski definition) is 5. The molecule has 1 aromatic heterocycles. The molecule has 19 heavy (non-hydrogen) atoms. The van der Waals surface area contributed by atoms with Crippen molar-refractivity contribution in [2.45, 2.75) is 33.2 Å². The summed E-state index contributed by atoms with van der Waals surface area (Å²) in [6, 6.07) is 1.30. The molecule has 7 heteroatoms. The maximum absolute atomic E-state index is 11.0. The topological polar surface area (TPSA) is 105 Å². The van der Waals surface area contributed by atoms with Crippen LogP contribution in [0.1, 0.15) is 37.6 Å². The third-order valence-corrected chi connectivity index (χ3v) is 2.53. The van der Waals surface area contributed by atoms with Gasteiger partial charge in [0.2, 0.25) is 0 Å². The normalized spacial score (nSPS) is 12.2. The summed E-state index contributed by atoms with van der Waals surface area (Å²) in [7, 11) is 0. The predicted octanol–water partition coefficient (Wildman–Crippen LogP) is 2.53. The van der Waals surface area contributed by atoms with Crippen molar-refractivity contribution < 1.29 is 14.8 Å². The lowest BCUT2D eigenvalue weighted by Crippen LogP contribution is -2.18. The molecule has 1 rings (SSSR count). The Morgan fingerprint density at radius 3 is 2.63 bits per heavy atom. The molecule has 0 aliphatic heterocycles. The van der Waals surface area contributed by atoms with Crippen molar-refractivity contribution in [3.8, 4) is 0 Å². The van der Waals surface area contributed by atoms with Crippen LogP contribution < -0.4 is 5.32 Å². The molecule has 1 atom stereocenters. The quantitative estimate of drug-likeness (QED) is 0.606. The number of pyridine rings is 1. The summed E-state index contributed by atoms with van der Waals surface area (Å²) in [6.45, 7) is 6.10. The largest absolute Gasteiger partial charge is 0.477 e. The molecule has 0 amide bonds. The van der Waals surface area contributed by atoms with Crippen LogP contribution in [-0.2, 0) is 0 Å². The van der Waals surface area contributed by atoms with Crippen LogP contribution in [-0.4, -0.2) is 27.0 Å². The van der Waals surface area contributed by atoms with E-state index in [4.69, 9.17) is 5.11 Å². The third kappa shape index (κ3) is 4.20. The molecular weight excluding hydrogens is 250 g/mol. The van der Waals surface area contributed by atoms with Crippen molar-refractivity contribution in [3.63, 3.8) is 0 Å². The summed E-state index contributed by atoms with van der Waals surface area (Å²) in [5.74, 6) is -0.524. The lowest BCUT2D eigenvalue weighted by atomic mass is 10.1. The van der Waals surface area contributed by atoms with Crippen LogP contribution in [0.3, 0.4) is 0 Å². The van der Waals surface area contributed by atoms with Gasteiger partial charge in [-0.2, -0.15) is 0 Å². The first-order valence-corrected chi connectivity index (χ1v) is 5.95. The van der Waals surface area contributed by atoms with Crippen molar-refractivity contribution in [3.05, 3.63) is 27.9 Å². The molecule has 7 nitrogen and oxygen atoms in total. The van der Waals surface area contributed by atoms with Crippen LogP contribution in [0.25, 0.3) is 0 Å². The Bertz CT molecular complexity index is 488. The molecule has 1 unspecified atom stereocenters. The Labute approximate surface area is 110 Å². The zero-order valence-electron chi connectivity index (χ0n) is 11.1. The van der Waals surface area contributed by atoms with E-state index in [1.165, 1.54) is 6.07 Å². The fraction of sp³-hybridized carbons (Fsp3) is 0.500. The van der Waals surface area contributed by atoms with Crippen LogP contribution in [0.2, 0.25) is 0 Å². The van der Waals surface area contributed by atoms with Gasteiger partial charge in [-0.25, -0.2) is 9.78 Å². The van der Waals surface area contributed by atoms with E-state index in [1.807, 2.05) is 6.92 Å². The van der Waals surface area contributed by atoms with E-state index in [1.54, 1.807) is 0 Å². The van der Waals surface area contributed by atoms with E-state index >= 15 is 0 Å². The van der Waals surface area contributed by atoms with E-state index in [9.17, 15) is 14.9 Å². The number of aromatic carboxylic acids is 1. The molecule has 0 aliphatic rings. The van der Waals surface area contributed by atoms with Crippen LogP contribution in [0.4, 0.5) is 11.5 Å². The number of anilines is 1. The van der Waals surface area contributed by atoms with Gasteiger partial charge >= 0.3 is 11.7 Å². The molecule has 1 aromatic rings. The van der Waals surface area contributed by atoms with Crippen LogP contribution in [0.5, 0.6) is 0 Å². The Hall–Kier alpha value is -2.18. The van der Waals surface area contributed by atoms with E-state index in [0.717, 1.165) is 12.6 Å². The van der Waals surface area contributed by atoms with Gasteiger partial charge in [0.15, 0.2) is 0 Å². The van der Waals surface area contributed by atoms with Crippen molar-refractivity contribution in [2.24, 2.45) is 5.92 Å². The molecule has 2 N–H and O–H groups in total. The first-order chi connectivity index (χ1) is 8.81. The highest BCUT2D eigenvalue weighted by molar-refractivity contribution is 5.93. The summed E-state index contributed by atoms with van der Waals surface area (Å²) < 4.78 is 0. The third-order valence-electron chi connectivity index (χ3n) is 2.53. The van der Waals surface area contributed by atoms with Crippen molar-refractivity contribution in [2.75, 3.05) is 5.32 Å². The molecule has 1 heterocycles. The number of nitro groups is 1. The van der Waals surface area contributed by atoms with E-state index < -0.39 is 16.6 Å². The average molecular weight is 267 g/mol. The maximum Gasteiger partial charge on any atom is 0.342 e. The minimum Gasteiger partial charge on any atom is -0.477 e. The van der Waals surface area contributed by atoms with Crippen LogP contribution in [0.15, 0.2) is 12.3 Å². The number of carboxylic acids is 1. The minimum absolute atomic E-state index is 0.107. The van der Waals surface area contributed by atoms with Crippen molar-refractivity contribution in [1.82, 2.24) is 4.98 Å². The first kappa shape index (κ1) is 14.9. The van der Waals surface area contributed by atoms with Gasteiger partial charge in [0.05, 0.1) is 4.92 Å². The maximum atomic E-state index is 11.0. The highest BCUT2D eigenvalue weighted by Crippen LogP contribution is 2.21. The second-order valence-corrected chi connectivity index (χ2v) is 4.82. The monoisotopic (exact) mass is 267 g/mol. The summed E-state index contributed by atoms with van der Waals surface area (Å²) in [5.41, 5.74) is -0.867. The molecular formula is C12H17N3O4. The fourth-order valence-electron chi connectivity index (χ4n) is 1.86. The summed E-state index contributed by atoms with van der Waals surface area (Å²) in [4.78, 5) is 24.8. The average Bonchev–Trinajstić information content (AvgIpc) is 2.27. The zero-order valence-corrected chi connectivity index (χ0v) is 11.1. The summed E-state index contributed by atoms with van der Waals surface area (Å²) in [5, 5.41) is 22.7. The minimum atomic E-state index is -1.34. The van der Waals surface area contributed by atoms with Gasteiger partial charge in [-0.05, 0) is 19.3 Å². The number of aromatic nitrogens is 1. The number of hydrogen-bond donors (Lipinski definition) is 2. The second kappa shape index (κ2) is 6.12. The van der Waals surface area contributed by atoms with Gasteiger partial charge in [-0.3, -0.25) is 10.1 Å². The highest BCUT2D eigenvalue weighted by atomic mass is 16.6. The first-order valence-electron chi connectivity index (χ1n) is 5.95. The molecule has 0 saturated heterocycles. The van der Waals surface area contributed by atoms with E-state index in [0.29, 0.717) is 11.7 Å². The molecule has 0 aliphatic carbocycles. The molecule has 0 saturated carbocycles. The van der Waals surface area contributed by atoms with Gasteiger partial charge in [0, 0.05) is 12.1 Å². The Morgan fingerprint density at radius 1 is 1.53 bits per heavy atom. The number of nitrogens with zero attached hydrogens (tertiary/aromatic N) is 2. The standard InChI is InChI=1S/C12H17N3O4/c1-7(2)4-8(3)14-11-5-9(12(16)17)10(6-13-11)15(18)19/h5-8H,4H2,1-3H3,(H,13,14)(H,16,17). The molecule has 0 spiro atoms. The highest BCUT2D eigenvalue weighted by Gasteiger charge is 2.21. The van der Waals surface area contributed by atoms with E-state index in [2.05, 4.69) is 24.1 Å². The number of rotatable bonds is 6. The van der Waals surface area contributed by atoms with Gasteiger partial charge in [0.1, 0.15) is 17.6 Å². The summed E-state index contributed by atoms with van der Waals surface area (Å²) >= 11 is 0. The molecule has 104 valence electrons. The smallest absolute Gasteiger partial charge is 0.342 e.